The highest BCUT2D eigenvalue weighted by molar-refractivity contribution is 6.04. The molecular weight excluding hydrogens is 552 g/mol. The summed E-state index contributed by atoms with van der Waals surface area (Å²) in [6, 6.07) is 3.99. The summed E-state index contributed by atoms with van der Waals surface area (Å²) in [5.41, 5.74) is 10.9. The van der Waals surface area contributed by atoms with E-state index in [2.05, 4.69) is 21.3 Å². The van der Waals surface area contributed by atoms with Crippen LogP contribution in [0.15, 0.2) is 18.2 Å². The lowest BCUT2D eigenvalue weighted by Gasteiger charge is -2.11. The molecule has 236 valence electrons. The van der Waals surface area contributed by atoms with Gasteiger partial charge in [0.05, 0.1) is 52.9 Å². The number of nitrogens with one attached hydrogen (secondary N) is 4. The molecule has 42 heavy (non-hydrogen) atoms. The second kappa shape index (κ2) is 23.0. The van der Waals surface area contributed by atoms with Crippen LogP contribution in [-0.4, -0.2) is 115 Å². The Labute approximate surface area is 245 Å². The molecule has 1 aromatic carbocycles. The van der Waals surface area contributed by atoms with Crippen LogP contribution >= 0.6 is 0 Å². The lowest BCUT2D eigenvalue weighted by atomic mass is 10.0. The molecule has 0 aliphatic rings. The molecular formula is C27H44N6O9. The molecule has 0 aliphatic heterocycles. The van der Waals surface area contributed by atoms with Crippen molar-refractivity contribution in [2.45, 2.75) is 19.8 Å². The van der Waals surface area contributed by atoms with E-state index in [1.165, 1.54) is 18.2 Å². The summed E-state index contributed by atoms with van der Waals surface area (Å²) in [6.45, 7) is 5.97. The molecule has 0 unspecified atom stereocenters. The number of hydrogen-bond acceptors (Lipinski definition) is 10. The van der Waals surface area contributed by atoms with E-state index in [-0.39, 0.29) is 87.5 Å². The molecule has 8 N–H and O–H groups in total. The first-order valence-electron chi connectivity index (χ1n) is 13.8. The molecule has 0 saturated carbocycles. The van der Waals surface area contributed by atoms with Crippen LogP contribution in [0.3, 0.4) is 0 Å². The Kier molecular flexibility index (Phi) is 19.9. The number of primary amides is 1. The quantitative estimate of drug-likeness (QED) is 0.0742. The number of carbonyl (C=O) groups is 5. The van der Waals surface area contributed by atoms with Crippen LogP contribution in [0.2, 0.25) is 0 Å². The Hall–Kier alpha value is -3.63. The maximum absolute atomic E-state index is 12.6. The molecule has 0 radical (unpaired) electrons. The molecule has 0 spiro atoms. The maximum Gasteiger partial charge on any atom is 0.251 e. The van der Waals surface area contributed by atoms with Crippen molar-refractivity contribution in [3.05, 3.63) is 34.9 Å². The van der Waals surface area contributed by atoms with Gasteiger partial charge in [0.1, 0.15) is 0 Å². The van der Waals surface area contributed by atoms with E-state index in [9.17, 15) is 24.0 Å². The third-order valence-corrected chi connectivity index (χ3v) is 5.33. The van der Waals surface area contributed by atoms with Gasteiger partial charge in [0.2, 0.25) is 17.7 Å². The SMILES string of the molecule is CCNC(=O)CCC(=O)NCCOCCOCCNC(=O)c1cc(C(N)=O)cc(C(=O)NCCOCCOCCN)c1. The minimum atomic E-state index is -0.776. The number of ether oxygens (including phenoxy) is 4. The van der Waals surface area contributed by atoms with E-state index in [1.54, 1.807) is 0 Å². The molecule has 0 fully saturated rings. The Morgan fingerprint density at radius 3 is 1.43 bits per heavy atom. The van der Waals surface area contributed by atoms with Crippen LogP contribution in [0.25, 0.3) is 0 Å². The minimum absolute atomic E-state index is 0.0210. The first kappa shape index (κ1) is 36.4. The zero-order valence-corrected chi connectivity index (χ0v) is 24.2. The number of rotatable bonds is 24. The highest BCUT2D eigenvalue weighted by atomic mass is 16.5. The maximum atomic E-state index is 12.6. The van der Waals surface area contributed by atoms with E-state index in [1.807, 2.05) is 6.92 Å². The Morgan fingerprint density at radius 1 is 0.595 bits per heavy atom. The average molecular weight is 597 g/mol. The summed E-state index contributed by atoms with van der Waals surface area (Å²) >= 11 is 0. The smallest absolute Gasteiger partial charge is 0.251 e. The van der Waals surface area contributed by atoms with Crippen LogP contribution in [-0.2, 0) is 28.5 Å². The number of amides is 5. The van der Waals surface area contributed by atoms with Crippen LogP contribution in [0.1, 0.15) is 50.8 Å². The first-order valence-corrected chi connectivity index (χ1v) is 13.8. The third-order valence-electron chi connectivity index (χ3n) is 5.33. The average Bonchev–Trinajstić information content (AvgIpc) is 2.98. The molecule has 0 aromatic heterocycles. The van der Waals surface area contributed by atoms with E-state index in [0.29, 0.717) is 39.5 Å². The molecule has 0 heterocycles. The molecule has 0 bridgehead atoms. The van der Waals surface area contributed by atoms with Crippen LogP contribution in [0, 0.1) is 0 Å². The highest BCUT2D eigenvalue weighted by Crippen LogP contribution is 2.11. The summed E-state index contributed by atoms with van der Waals surface area (Å²) in [6.07, 6.45) is 0.256. The lowest BCUT2D eigenvalue weighted by Crippen LogP contribution is -2.30. The fourth-order valence-corrected chi connectivity index (χ4v) is 3.30. The van der Waals surface area contributed by atoms with Crippen LogP contribution < -0.4 is 32.7 Å². The van der Waals surface area contributed by atoms with Crippen molar-refractivity contribution in [1.82, 2.24) is 21.3 Å². The molecule has 15 nitrogen and oxygen atoms in total. The summed E-state index contributed by atoms with van der Waals surface area (Å²) < 4.78 is 21.3. The summed E-state index contributed by atoms with van der Waals surface area (Å²) in [5, 5.41) is 10.6. The van der Waals surface area contributed by atoms with Gasteiger partial charge in [-0.15, -0.1) is 0 Å². The Morgan fingerprint density at radius 2 is 1.00 bits per heavy atom. The normalized spacial score (nSPS) is 10.6. The van der Waals surface area contributed by atoms with E-state index >= 15 is 0 Å². The van der Waals surface area contributed by atoms with Crippen molar-refractivity contribution in [3.8, 4) is 0 Å². The van der Waals surface area contributed by atoms with Gasteiger partial charge in [0, 0.05) is 62.3 Å². The zero-order valence-electron chi connectivity index (χ0n) is 24.2. The van der Waals surface area contributed by atoms with Gasteiger partial charge in [-0.3, -0.25) is 24.0 Å². The predicted octanol–water partition coefficient (Wildman–Crippen LogP) is -1.70. The van der Waals surface area contributed by atoms with Gasteiger partial charge in [-0.05, 0) is 25.1 Å². The summed E-state index contributed by atoms with van der Waals surface area (Å²) in [4.78, 5) is 59.9. The van der Waals surface area contributed by atoms with Gasteiger partial charge in [0.15, 0.2) is 0 Å². The highest BCUT2D eigenvalue weighted by Gasteiger charge is 2.15. The van der Waals surface area contributed by atoms with Crippen molar-refractivity contribution in [2.75, 3.05) is 85.6 Å². The monoisotopic (exact) mass is 596 g/mol. The zero-order chi connectivity index (χ0) is 31.0. The van der Waals surface area contributed by atoms with Gasteiger partial charge < -0.3 is 51.7 Å². The van der Waals surface area contributed by atoms with E-state index < -0.39 is 17.7 Å². The number of benzene rings is 1. The van der Waals surface area contributed by atoms with Gasteiger partial charge in [-0.25, -0.2) is 0 Å². The lowest BCUT2D eigenvalue weighted by molar-refractivity contribution is -0.126. The Balaban J connectivity index is 2.28. The van der Waals surface area contributed by atoms with Crippen molar-refractivity contribution >= 4 is 29.5 Å². The van der Waals surface area contributed by atoms with Gasteiger partial charge in [-0.2, -0.15) is 0 Å². The fourth-order valence-electron chi connectivity index (χ4n) is 3.30. The summed E-state index contributed by atoms with van der Waals surface area (Å²) in [7, 11) is 0. The first-order chi connectivity index (χ1) is 20.3. The molecule has 0 saturated heterocycles. The standard InChI is InChI=1S/C27H44N6O9/c1-2-30-23(34)3-4-24(35)31-6-10-40-15-16-42-12-8-33-27(38)22-18-20(25(29)36)17-21(19-22)26(37)32-7-11-41-14-13-39-9-5-28/h17-19H,2-16,28H2,1H3,(H2,29,36)(H,30,34)(H,31,35)(H,32,37)(H,33,38). The van der Waals surface area contributed by atoms with Gasteiger partial charge in [0.25, 0.3) is 11.8 Å². The van der Waals surface area contributed by atoms with Crippen molar-refractivity contribution in [1.29, 1.82) is 0 Å². The van der Waals surface area contributed by atoms with E-state index in [0.717, 1.165) is 0 Å². The molecule has 0 atom stereocenters. The number of nitrogens with two attached hydrogens (primary N) is 2. The summed E-state index contributed by atoms with van der Waals surface area (Å²) in [5.74, 6) is -2.16. The molecule has 1 aromatic rings. The second-order valence-electron chi connectivity index (χ2n) is 8.72. The number of hydrogen-bond donors (Lipinski definition) is 6. The molecule has 5 amide bonds. The largest absolute Gasteiger partial charge is 0.378 e. The topological polar surface area (TPSA) is 222 Å². The van der Waals surface area contributed by atoms with Gasteiger partial charge in [-0.1, -0.05) is 0 Å². The van der Waals surface area contributed by atoms with Crippen molar-refractivity contribution in [3.63, 3.8) is 0 Å². The van der Waals surface area contributed by atoms with Crippen LogP contribution in [0.4, 0.5) is 0 Å². The van der Waals surface area contributed by atoms with E-state index in [4.69, 9.17) is 30.4 Å². The van der Waals surface area contributed by atoms with Gasteiger partial charge >= 0.3 is 0 Å². The predicted molar refractivity (Wildman–Crippen MR) is 153 cm³/mol. The third kappa shape index (κ3) is 17.2. The minimum Gasteiger partial charge on any atom is -0.378 e. The fraction of sp³-hybridized carbons (Fsp3) is 0.593. The second-order valence-corrected chi connectivity index (χ2v) is 8.72. The molecule has 0 aliphatic carbocycles. The van der Waals surface area contributed by atoms with Crippen molar-refractivity contribution in [2.24, 2.45) is 11.5 Å². The molecule has 15 heteroatoms. The Bertz CT molecular complexity index is 993. The van der Waals surface area contributed by atoms with Crippen molar-refractivity contribution < 1.29 is 42.9 Å². The molecule has 1 rings (SSSR count). The number of carbonyl (C=O) groups excluding carboxylic acids is 5. The van der Waals surface area contributed by atoms with Crippen LogP contribution in [0.5, 0.6) is 0 Å².